The molecule has 0 unspecified atom stereocenters. The lowest BCUT2D eigenvalue weighted by atomic mass is 10.3. The van der Waals surface area contributed by atoms with Gasteiger partial charge in [-0.15, -0.1) is 11.3 Å². The Labute approximate surface area is 124 Å². The molecule has 2 aromatic heterocycles. The van der Waals surface area contributed by atoms with Crippen LogP contribution in [0, 0.1) is 6.92 Å². The minimum absolute atomic E-state index is 0.238. The molecule has 0 saturated carbocycles. The number of rotatable bonds is 8. The SMILES string of the molecule is Cc1ccc(CN(CC=Cc2ccco2)CCCO)s1. The molecule has 0 aliphatic rings. The van der Waals surface area contributed by atoms with E-state index in [0.717, 1.165) is 31.8 Å². The van der Waals surface area contributed by atoms with Crippen LogP contribution in [0.25, 0.3) is 6.08 Å². The van der Waals surface area contributed by atoms with Crippen molar-refractivity contribution < 1.29 is 9.52 Å². The summed E-state index contributed by atoms with van der Waals surface area (Å²) >= 11 is 1.83. The highest BCUT2D eigenvalue weighted by atomic mass is 32.1. The van der Waals surface area contributed by atoms with Crippen molar-refractivity contribution in [3.8, 4) is 0 Å². The summed E-state index contributed by atoms with van der Waals surface area (Å²) in [6.45, 7) is 5.06. The molecule has 20 heavy (non-hydrogen) atoms. The number of aliphatic hydroxyl groups is 1. The molecule has 4 heteroatoms. The van der Waals surface area contributed by atoms with Crippen LogP contribution < -0.4 is 0 Å². The molecule has 0 bridgehead atoms. The Morgan fingerprint density at radius 1 is 1.35 bits per heavy atom. The summed E-state index contributed by atoms with van der Waals surface area (Å²) in [5.74, 6) is 0.874. The first-order valence-electron chi connectivity index (χ1n) is 6.86. The summed E-state index contributed by atoms with van der Waals surface area (Å²) in [6.07, 6.45) is 6.58. The van der Waals surface area contributed by atoms with Gasteiger partial charge in [0.1, 0.15) is 5.76 Å². The lowest BCUT2D eigenvalue weighted by molar-refractivity contribution is 0.233. The second-order valence-corrected chi connectivity index (χ2v) is 6.11. The van der Waals surface area contributed by atoms with Gasteiger partial charge in [-0.05, 0) is 43.7 Å². The maximum atomic E-state index is 9.00. The number of nitrogens with zero attached hydrogens (tertiary/aromatic N) is 1. The molecular formula is C16H21NO2S. The predicted molar refractivity (Wildman–Crippen MR) is 83.8 cm³/mol. The van der Waals surface area contributed by atoms with E-state index in [-0.39, 0.29) is 6.61 Å². The van der Waals surface area contributed by atoms with E-state index >= 15 is 0 Å². The minimum Gasteiger partial charge on any atom is -0.465 e. The lowest BCUT2D eigenvalue weighted by Crippen LogP contribution is -2.24. The largest absolute Gasteiger partial charge is 0.465 e. The Balaban J connectivity index is 1.89. The summed E-state index contributed by atoms with van der Waals surface area (Å²) in [7, 11) is 0. The average molecular weight is 291 g/mol. The smallest absolute Gasteiger partial charge is 0.126 e. The van der Waals surface area contributed by atoms with Crippen LogP contribution in [-0.2, 0) is 6.54 Å². The molecular weight excluding hydrogens is 270 g/mol. The summed E-state index contributed by atoms with van der Waals surface area (Å²) in [6, 6.07) is 8.17. The van der Waals surface area contributed by atoms with E-state index in [1.165, 1.54) is 9.75 Å². The van der Waals surface area contributed by atoms with Crippen LogP contribution in [0.15, 0.2) is 41.0 Å². The highest BCUT2D eigenvalue weighted by molar-refractivity contribution is 7.11. The Morgan fingerprint density at radius 3 is 2.90 bits per heavy atom. The van der Waals surface area contributed by atoms with Crippen molar-refractivity contribution in [1.29, 1.82) is 0 Å². The van der Waals surface area contributed by atoms with Gasteiger partial charge in [-0.1, -0.05) is 6.08 Å². The van der Waals surface area contributed by atoms with Crippen molar-refractivity contribution >= 4 is 17.4 Å². The van der Waals surface area contributed by atoms with E-state index in [1.54, 1.807) is 6.26 Å². The number of furan rings is 1. The van der Waals surface area contributed by atoms with Crippen LogP contribution in [0.1, 0.15) is 21.9 Å². The number of aryl methyl sites for hydroxylation is 1. The highest BCUT2D eigenvalue weighted by Gasteiger charge is 2.05. The molecule has 108 valence electrons. The normalized spacial score (nSPS) is 11.8. The van der Waals surface area contributed by atoms with Gasteiger partial charge in [-0.25, -0.2) is 0 Å². The summed E-state index contributed by atoms with van der Waals surface area (Å²) in [5.41, 5.74) is 0. The fourth-order valence-corrected chi connectivity index (χ4v) is 2.96. The molecule has 2 rings (SSSR count). The molecule has 0 aromatic carbocycles. The second-order valence-electron chi connectivity index (χ2n) is 4.74. The van der Waals surface area contributed by atoms with E-state index in [2.05, 4.69) is 30.0 Å². The van der Waals surface area contributed by atoms with E-state index < -0.39 is 0 Å². The molecule has 0 amide bonds. The van der Waals surface area contributed by atoms with Gasteiger partial charge in [0.15, 0.2) is 0 Å². The predicted octanol–water partition coefficient (Wildman–Crippen LogP) is 3.55. The molecule has 0 saturated heterocycles. The van der Waals surface area contributed by atoms with Crippen molar-refractivity contribution in [1.82, 2.24) is 4.90 Å². The first-order chi connectivity index (χ1) is 9.78. The summed E-state index contributed by atoms with van der Waals surface area (Å²) in [5, 5.41) is 9.00. The van der Waals surface area contributed by atoms with E-state index in [0.29, 0.717) is 0 Å². The molecule has 0 atom stereocenters. The summed E-state index contributed by atoms with van der Waals surface area (Å²) in [4.78, 5) is 5.04. The van der Waals surface area contributed by atoms with Crippen molar-refractivity contribution in [2.45, 2.75) is 19.9 Å². The second kappa shape index (κ2) is 8.04. The van der Waals surface area contributed by atoms with E-state index in [1.807, 2.05) is 29.5 Å². The third kappa shape index (κ3) is 4.96. The Morgan fingerprint density at radius 2 is 2.25 bits per heavy atom. The number of aliphatic hydroxyl groups excluding tert-OH is 1. The van der Waals surface area contributed by atoms with Gasteiger partial charge in [0.2, 0.25) is 0 Å². The molecule has 3 nitrogen and oxygen atoms in total. The molecule has 0 fully saturated rings. The molecule has 2 aromatic rings. The van der Waals surface area contributed by atoms with Crippen molar-refractivity contribution in [2.75, 3.05) is 19.7 Å². The third-order valence-electron chi connectivity index (χ3n) is 3.00. The first-order valence-corrected chi connectivity index (χ1v) is 7.68. The van der Waals surface area contributed by atoms with Crippen LogP contribution in [0.3, 0.4) is 0 Å². The zero-order valence-corrected chi connectivity index (χ0v) is 12.6. The molecule has 0 spiro atoms. The molecule has 0 aliphatic heterocycles. The molecule has 0 radical (unpaired) electrons. The quantitative estimate of drug-likeness (QED) is 0.808. The number of hydrogen-bond donors (Lipinski definition) is 1. The van der Waals surface area contributed by atoms with Crippen LogP contribution in [0.4, 0.5) is 0 Å². The summed E-state index contributed by atoms with van der Waals surface area (Å²) < 4.78 is 5.27. The van der Waals surface area contributed by atoms with Crippen molar-refractivity contribution in [3.05, 3.63) is 52.1 Å². The van der Waals surface area contributed by atoms with Crippen LogP contribution in [0.2, 0.25) is 0 Å². The number of thiophene rings is 1. The van der Waals surface area contributed by atoms with Crippen LogP contribution in [0.5, 0.6) is 0 Å². The van der Waals surface area contributed by atoms with Gasteiger partial charge < -0.3 is 9.52 Å². The van der Waals surface area contributed by atoms with Crippen LogP contribution in [-0.4, -0.2) is 29.7 Å². The van der Waals surface area contributed by atoms with Gasteiger partial charge in [-0.2, -0.15) is 0 Å². The Hall–Kier alpha value is -1.36. The first kappa shape index (κ1) is 15.0. The standard InChI is InChI=1S/C16H21NO2S/c1-14-7-8-16(20-14)13-17(10-4-11-18)9-2-5-15-6-3-12-19-15/h2-3,5-8,12,18H,4,9-11,13H2,1H3. The van der Waals surface area contributed by atoms with Crippen LogP contribution >= 0.6 is 11.3 Å². The maximum absolute atomic E-state index is 9.00. The van der Waals surface area contributed by atoms with E-state index in [4.69, 9.17) is 9.52 Å². The fourth-order valence-electron chi connectivity index (χ4n) is 2.02. The zero-order chi connectivity index (χ0) is 14.2. The Kier molecular flexibility index (Phi) is 6.05. The molecule has 0 aliphatic carbocycles. The third-order valence-corrected chi connectivity index (χ3v) is 3.98. The zero-order valence-electron chi connectivity index (χ0n) is 11.8. The fraction of sp³-hybridized carbons (Fsp3) is 0.375. The highest BCUT2D eigenvalue weighted by Crippen LogP contribution is 2.17. The van der Waals surface area contributed by atoms with Crippen molar-refractivity contribution in [3.63, 3.8) is 0 Å². The van der Waals surface area contributed by atoms with Gasteiger partial charge >= 0.3 is 0 Å². The Bertz CT molecular complexity index is 516. The van der Waals surface area contributed by atoms with Gasteiger partial charge in [-0.3, -0.25) is 4.90 Å². The van der Waals surface area contributed by atoms with Gasteiger partial charge in [0.05, 0.1) is 6.26 Å². The monoisotopic (exact) mass is 291 g/mol. The van der Waals surface area contributed by atoms with Gasteiger partial charge in [0.25, 0.3) is 0 Å². The average Bonchev–Trinajstić information content (AvgIpc) is 3.08. The maximum Gasteiger partial charge on any atom is 0.126 e. The lowest BCUT2D eigenvalue weighted by Gasteiger charge is -2.19. The van der Waals surface area contributed by atoms with E-state index in [9.17, 15) is 0 Å². The van der Waals surface area contributed by atoms with Crippen molar-refractivity contribution in [2.24, 2.45) is 0 Å². The van der Waals surface area contributed by atoms with Gasteiger partial charge in [0, 0.05) is 36.0 Å². The molecule has 1 N–H and O–H groups in total. The number of hydrogen-bond acceptors (Lipinski definition) is 4. The molecule has 2 heterocycles. The minimum atomic E-state index is 0.238. The topological polar surface area (TPSA) is 36.6 Å².